The minimum absolute atomic E-state index is 0.0400. The number of nitrogens with one attached hydrogen (secondary N) is 1. The van der Waals surface area contributed by atoms with Gasteiger partial charge in [0.25, 0.3) is 5.91 Å². The quantitative estimate of drug-likeness (QED) is 0.339. The zero-order valence-corrected chi connectivity index (χ0v) is 23.5. The minimum Gasteiger partial charge on any atom is -0.391 e. The Bertz CT molecular complexity index is 1230. The van der Waals surface area contributed by atoms with Gasteiger partial charge in [0.05, 0.1) is 17.1 Å². The van der Waals surface area contributed by atoms with Crippen LogP contribution in [0.15, 0.2) is 83.6 Å². The first kappa shape index (κ1) is 24.9. The van der Waals surface area contributed by atoms with Gasteiger partial charge >= 0.3 is 0 Å². The van der Waals surface area contributed by atoms with Crippen molar-refractivity contribution < 1.29 is 9.22 Å². The number of amides is 1. The molecule has 5 nitrogen and oxygen atoms in total. The lowest BCUT2D eigenvalue weighted by molar-refractivity contribution is 0.00495. The lowest BCUT2D eigenvalue weighted by atomic mass is 9.74. The van der Waals surface area contributed by atoms with Crippen molar-refractivity contribution in [1.29, 1.82) is 0 Å². The predicted octanol–water partition coefficient (Wildman–Crippen LogP) is 4.50. The summed E-state index contributed by atoms with van der Waals surface area (Å²) in [5.74, 6) is 0.336. The monoisotopic (exact) mass is 533 g/mol. The molecule has 2 unspecified atom stereocenters. The Kier molecular flexibility index (Phi) is 7.38. The van der Waals surface area contributed by atoms with Crippen LogP contribution in [-0.2, 0) is 11.0 Å². The molecule has 1 saturated heterocycles. The van der Waals surface area contributed by atoms with Crippen molar-refractivity contribution in [3.8, 4) is 0 Å². The molecular formula is C28H31N3O2S2Si. The standard InChI is InChI=1S/C28H31N3O2S2Si/c1-28(2,3)23-18-31(27-30-20(19-35-27)17-29-25(32)24-15-10-16-34-24)26(23)33-36(21-11-6-4-7-12-21)22-13-8-5-9-14-22/h4-16,19,23,26,36H,17-18H2,1-3H3,(H,29,32). The first-order chi connectivity index (χ1) is 17.4. The van der Waals surface area contributed by atoms with Gasteiger partial charge in [0.2, 0.25) is 9.04 Å². The van der Waals surface area contributed by atoms with Gasteiger partial charge in [-0.1, -0.05) is 87.5 Å². The molecule has 8 heteroatoms. The number of hydrogen-bond donors (Lipinski definition) is 1. The SMILES string of the molecule is CC(C)(C)C1CN(c2nc(CNC(=O)c3cccs3)cs2)C1O[SiH](c1ccccc1)c1ccccc1. The maximum Gasteiger partial charge on any atom is 0.261 e. The highest BCUT2D eigenvalue weighted by atomic mass is 32.1. The fourth-order valence-electron chi connectivity index (χ4n) is 4.46. The molecule has 1 amide bonds. The molecule has 2 atom stereocenters. The third kappa shape index (κ3) is 5.47. The number of carbonyl (C=O) groups excluding carboxylic acids is 1. The van der Waals surface area contributed by atoms with Crippen molar-refractivity contribution in [2.45, 2.75) is 33.5 Å². The van der Waals surface area contributed by atoms with Crippen molar-refractivity contribution in [2.24, 2.45) is 11.3 Å². The van der Waals surface area contributed by atoms with Crippen molar-refractivity contribution >= 4 is 53.1 Å². The highest BCUT2D eigenvalue weighted by Gasteiger charge is 2.48. The van der Waals surface area contributed by atoms with Crippen LogP contribution in [0.1, 0.15) is 36.1 Å². The maximum absolute atomic E-state index is 12.3. The third-order valence-corrected chi connectivity index (χ3v) is 10.9. The van der Waals surface area contributed by atoms with Crippen LogP contribution in [0.25, 0.3) is 0 Å². The van der Waals surface area contributed by atoms with Crippen molar-refractivity contribution in [1.82, 2.24) is 10.3 Å². The summed E-state index contributed by atoms with van der Waals surface area (Å²) in [5.41, 5.74) is 0.986. The molecule has 2 aromatic carbocycles. The Morgan fingerprint density at radius 3 is 2.28 bits per heavy atom. The van der Waals surface area contributed by atoms with E-state index >= 15 is 0 Å². The minimum atomic E-state index is -1.92. The molecule has 3 heterocycles. The first-order valence-electron chi connectivity index (χ1n) is 12.2. The van der Waals surface area contributed by atoms with Crippen LogP contribution in [0, 0.1) is 11.3 Å². The summed E-state index contributed by atoms with van der Waals surface area (Å²) in [6.07, 6.45) is -0.0400. The molecule has 186 valence electrons. The first-order valence-corrected chi connectivity index (χ1v) is 15.6. The molecule has 1 N–H and O–H groups in total. The lowest BCUT2D eigenvalue weighted by Crippen LogP contribution is -2.65. The smallest absolute Gasteiger partial charge is 0.261 e. The topological polar surface area (TPSA) is 54.5 Å². The van der Waals surface area contributed by atoms with Crippen LogP contribution in [0.5, 0.6) is 0 Å². The number of aromatic nitrogens is 1. The highest BCUT2D eigenvalue weighted by Crippen LogP contribution is 2.43. The van der Waals surface area contributed by atoms with Gasteiger partial charge in [0, 0.05) is 17.8 Å². The fraction of sp³-hybridized carbons (Fsp3) is 0.286. The van der Waals surface area contributed by atoms with Crippen LogP contribution in [-0.4, -0.2) is 32.7 Å². The lowest BCUT2D eigenvalue weighted by Gasteiger charge is -2.54. The molecule has 0 spiro atoms. The maximum atomic E-state index is 12.3. The van der Waals surface area contributed by atoms with Crippen molar-refractivity contribution in [3.05, 3.63) is 94.1 Å². The Hall–Kier alpha value is -2.78. The van der Waals surface area contributed by atoms with E-state index in [1.165, 1.54) is 21.7 Å². The summed E-state index contributed by atoms with van der Waals surface area (Å²) in [5, 5.41) is 10.4. The van der Waals surface area contributed by atoms with Crippen molar-refractivity contribution in [3.63, 3.8) is 0 Å². The van der Waals surface area contributed by atoms with Gasteiger partial charge in [-0.05, 0) is 27.2 Å². The molecule has 2 aromatic heterocycles. The van der Waals surface area contributed by atoms with Crippen molar-refractivity contribution in [2.75, 3.05) is 11.4 Å². The molecular weight excluding hydrogens is 503 g/mol. The molecule has 4 aromatic rings. The zero-order valence-electron chi connectivity index (χ0n) is 20.8. The van der Waals surface area contributed by atoms with E-state index in [0.29, 0.717) is 17.3 Å². The largest absolute Gasteiger partial charge is 0.391 e. The van der Waals surface area contributed by atoms with Gasteiger partial charge in [0.1, 0.15) is 6.23 Å². The zero-order chi connectivity index (χ0) is 25.1. The summed E-state index contributed by atoms with van der Waals surface area (Å²) in [6, 6.07) is 25.0. The molecule has 36 heavy (non-hydrogen) atoms. The molecule has 0 aliphatic carbocycles. The Morgan fingerprint density at radius 2 is 1.69 bits per heavy atom. The van der Waals surface area contributed by atoms with E-state index in [4.69, 9.17) is 9.41 Å². The molecule has 1 fully saturated rings. The molecule has 0 bridgehead atoms. The van der Waals surface area contributed by atoms with Gasteiger partial charge in [-0.15, -0.1) is 22.7 Å². The number of anilines is 1. The van der Waals surface area contributed by atoms with E-state index < -0.39 is 9.04 Å². The number of thiophene rings is 1. The number of nitrogens with zero attached hydrogens (tertiary/aromatic N) is 2. The molecule has 5 rings (SSSR count). The summed E-state index contributed by atoms with van der Waals surface area (Å²) in [4.78, 5) is 20.2. The number of benzene rings is 2. The van der Waals surface area contributed by atoms with Crippen LogP contribution < -0.4 is 20.6 Å². The van der Waals surface area contributed by atoms with Gasteiger partial charge in [-0.2, -0.15) is 0 Å². The van der Waals surface area contributed by atoms with E-state index in [-0.39, 0.29) is 17.6 Å². The van der Waals surface area contributed by atoms with Gasteiger partial charge < -0.3 is 14.6 Å². The molecule has 1 aliphatic rings. The van der Waals surface area contributed by atoms with E-state index in [2.05, 4.69) is 91.7 Å². The van der Waals surface area contributed by atoms with E-state index in [1.807, 2.05) is 22.9 Å². The third-order valence-electron chi connectivity index (χ3n) is 6.60. The number of thiazole rings is 1. The Morgan fingerprint density at radius 1 is 1.03 bits per heavy atom. The summed E-state index contributed by atoms with van der Waals surface area (Å²) >= 11 is 3.06. The Balaban J connectivity index is 1.36. The van der Waals surface area contributed by atoms with E-state index in [9.17, 15) is 4.79 Å². The summed E-state index contributed by atoms with van der Waals surface area (Å²) in [7, 11) is -1.92. The van der Waals surface area contributed by atoms with Gasteiger partial charge in [-0.3, -0.25) is 4.79 Å². The van der Waals surface area contributed by atoms with E-state index in [0.717, 1.165) is 17.4 Å². The normalized spacial score (nSPS) is 17.7. The summed E-state index contributed by atoms with van der Waals surface area (Å²) < 4.78 is 7.08. The van der Waals surface area contributed by atoms with E-state index in [1.54, 1.807) is 11.3 Å². The average Bonchev–Trinajstić information content (AvgIpc) is 3.56. The molecule has 0 radical (unpaired) electrons. The predicted molar refractivity (Wildman–Crippen MR) is 152 cm³/mol. The summed E-state index contributed by atoms with van der Waals surface area (Å²) in [6.45, 7) is 8.20. The van der Waals surface area contributed by atoms with Crippen LogP contribution in [0.2, 0.25) is 0 Å². The fourth-order valence-corrected chi connectivity index (χ4v) is 8.42. The second kappa shape index (κ2) is 10.7. The van der Waals surface area contributed by atoms with Crippen LogP contribution >= 0.6 is 22.7 Å². The Labute approximate surface area is 222 Å². The number of carbonyl (C=O) groups is 1. The van der Waals surface area contributed by atoms with Gasteiger partial charge in [-0.25, -0.2) is 4.98 Å². The number of hydrogen-bond acceptors (Lipinski definition) is 6. The van der Waals surface area contributed by atoms with Crippen LogP contribution in [0.4, 0.5) is 5.13 Å². The average molecular weight is 534 g/mol. The highest BCUT2D eigenvalue weighted by molar-refractivity contribution is 7.13. The number of rotatable bonds is 8. The molecule has 1 aliphatic heterocycles. The second-order valence-electron chi connectivity index (χ2n) is 10.1. The second-order valence-corrected chi connectivity index (χ2v) is 14.3. The molecule has 0 saturated carbocycles. The van der Waals surface area contributed by atoms with Crippen LogP contribution in [0.3, 0.4) is 0 Å². The van der Waals surface area contributed by atoms with Gasteiger partial charge in [0.15, 0.2) is 5.13 Å².